The summed E-state index contributed by atoms with van der Waals surface area (Å²) >= 11 is 0. The molecule has 1 aromatic carbocycles. The van der Waals surface area contributed by atoms with Gasteiger partial charge in [0.2, 0.25) is 5.91 Å². The molecule has 3 aromatic rings. The van der Waals surface area contributed by atoms with Crippen molar-refractivity contribution in [2.24, 2.45) is 5.73 Å². The van der Waals surface area contributed by atoms with Gasteiger partial charge in [0, 0.05) is 30.9 Å². The van der Waals surface area contributed by atoms with E-state index in [2.05, 4.69) is 20.7 Å². The fourth-order valence-corrected chi connectivity index (χ4v) is 2.94. The number of pyridine rings is 1. The number of hydrogen-bond acceptors (Lipinski definition) is 5. The first-order chi connectivity index (χ1) is 13.9. The molecule has 0 fully saturated rings. The predicted molar refractivity (Wildman–Crippen MR) is 112 cm³/mol. The molecule has 1 amide bonds. The number of carbonyl (C=O) groups excluding carboxylic acids is 1. The zero-order valence-corrected chi connectivity index (χ0v) is 16.7. The Kier molecular flexibility index (Phi) is 6.23. The molecule has 0 unspecified atom stereocenters. The molecule has 0 aliphatic rings. The van der Waals surface area contributed by atoms with Gasteiger partial charge in [-0.15, -0.1) is 0 Å². The SMILES string of the molecule is CNc1cc(-c2cc(NC(=O)[C@@H](N)Cc3ccc(F)cc3)n(C(C)C)n2)ccn1. The molecular weight excluding hydrogens is 371 g/mol. The Morgan fingerprint density at radius 3 is 2.59 bits per heavy atom. The first-order valence-electron chi connectivity index (χ1n) is 9.42. The quantitative estimate of drug-likeness (QED) is 0.570. The molecule has 7 nitrogen and oxygen atoms in total. The molecule has 2 aromatic heterocycles. The van der Waals surface area contributed by atoms with Crippen molar-refractivity contribution in [1.82, 2.24) is 14.8 Å². The molecule has 8 heteroatoms. The summed E-state index contributed by atoms with van der Waals surface area (Å²) in [5, 5.41) is 10.5. The lowest BCUT2D eigenvalue weighted by Crippen LogP contribution is -2.38. The Morgan fingerprint density at radius 2 is 1.93 bits per heavy atom. The summed E-state index contributed by atoms with van der Waals surface area (Å²) in [6.07, 6.45) is 2.01. The monoisotopic (exact) mass is 396 g/mol. The summed E-state index contributed by atoms with van der Waals surface area (Å²) in [6.45, 7) is 3.97. The normalized spacial score (nSPS) is 12.1. The van der Waals surface area contributed by atoms with Crippen molar-refractivity contribution < 1.29 is 9.18 Å². The van der Waals surface area contributed by atoms with Crippen molar-refractivity contribution in [3.63, 3.8) is 0 Å². The second-order valence-corrected chi connectivity index (χ2v) is 7.06. The lowest BCUT2D eigenvalue weighted by Gasteiger charge is -2.15. The Hall–Kier alpha value is -3.26. The molecule has 3 rings (SSSR count). The fraction of sp³-hybridized carbons (Fsp3) is 0.286. The highest BCUT2D eigenvalue weighted by Crippen LogP contribution is 2.25. The Morgan fingerprint density at radius 1 is 1.21 bits per heavy atom. The second-order valence-electron chi connectivity index (χ2n) is 7.06. The third kappa shape index (κ3) is 4.97. The molecule has 1 atom stereocenters. The van der Waals surface area contributed by atoms with Gasteiger partial charge in [-0.25, -0.2) is 14.1 Å². The van der Waals surface area contributed by atoms with Crippen molar-refractivity contribution in [3.05, 3.63) is 60.0 Å². The lowest BCUT2D eigenvalue weighted by atomic mass is 10.1. The molecule has 0 aliphatic carbocycles. The summed E-state index contributed by atoms with van der Waals surface area (Å²) in [5.74, 6) is 0.650. The average molecular weight is 396 g/mol. The zero-order valence-electron chi connectivity index (χ0n) is 16.7. The highest BCUT2D eigenvalue weighted by Gasteiger charge is 2.19. The van der Waals surface area contributed by atoms with E-state index in [0.717, 1.165) is 22.6 Å². The van der Waals surface area contributed by atoms with E-state index in [1.807, 2.05) is 32.0 Å². The number of nitrogens with one attached hydrogen (secondary N) is 2. The largest absolute Gasteiger partial charge is 0.373 e. The van der Waals surface area contributed by atoms with Crippen LogP contribution in [0.5, 0.6) is 0 Å². The summed E-state index contributed by atoms with van der Waals surface area (Å²) in [4.78, 5) is 16.8. The van der Waals surface area contributed by atoms with Gasteiger partial charge in [-0.1, -0.05) is 12.1 Å². The number of rotatable bonds is 7. The Labute approximate surface area is 169 Å². The maximum atomic E-state index is 13.1. The van der Waals surface area contributed by atoms with Gasteiger partial charge < -0.3 is 16.4 Å². The van der Waals surface area contributed by atoms with Crippen LogP contribution in [0.1, 0.15) is 25.5 Å². The van der Waals surface area contributed by atoms with Crippen LogP contribution in [0.3, 0.4) is 0 Å². The van der Waals surface area contributed by atoms with Gasteiger partial charge in [0.1, 0.15) is 17.5 Å². The maximum absolute atomic E-state index is 13.1. The molecule has 0 spiro atoms. The number of amides is 1. The van der Waals surface area contributed by atoms with E-state index < -0.39 is 6.04 Å². The predicted octanol–water partition coefficient (Wildman–Crippen LogP) is 3.22. The van der Waals surface area contributed by atoms with Gasteiger partial charge in [0.15, 0.2) is 0 Å². The van der Waals surface area contributed by atoms with Gasteiger partial charge >= 0.3 is 0 Å². The Bertz CT molecular complexity index is 983. The first-order valence-corrected chi connectivity index (χ1v) is 9.42. The summed E-state index contributed by atoms with van der Waals surface area (Å²) in [7, 11) is 1.80. The molecule has 0 saturated carbocycles. The number of hydrogen-bond donors (Lipinski definition) is 3. The van der Waals surface area contributed by atoms with E-state index in [4.69, 9.17) is 5.73 Å². The van der Waals surface area contributed by atoms with Crippen LogP contribution in [0.25, 0.3) is 11.3 Å². The minimum Gasteiger partial charge on any atom is -0.373 e. The van der Waals surface area contributed by atoms with Gasteiger partial charge in [-0.2, -0.15) is 5.10 Å². The third-order valence-electron chi connectivity index (χ3n) is 4.49. The van der Waals surface area contributed by atoms with Crippen LogP contribution >= 0.6 is 0 Å². The van der Waals surface area contributed by atoms with Crippen molar-refractivity contribution in [2.45, 2.75) is 32.4 Å². The summed E-state index contributed by atoms with van der Waals surface area (Å²) < 4.78 is 14.8. The van der Waals surface area contributed by atoms with Gasteiger partial charge in [-0.05, 0) is 50.1 Å². The molecule has 4 N–H and O–H groups in total. The fourth-order valence-electron chi connectivity index (χ4n) is 2.94. The third-order valence-corrected chi connectivity index (χ3v) is 4.49. The molecule has 0 aliphatic heterocycles. The smallest absolute Gasteiger partial charge is 0.242 e. The lowest BCUT2D eigenvalue weighted by molar-refractivity contribution is -0.117. The van der Waals surface area contributed by atoms with Crippen LogP contribution in [0.2, 0.25) is 0 Å². The topological polar surface area (TPSA) is 97.9 Å². The van der Waals surface area contributed by atoms with Gasteiger partial charge in [0.25, 0.3) is 0 Å². The molecule has 29 heavy (non-hydrogen) atoms. The van der Waals surface area contributed by atoms with Crippen molar-refractivity contribution in [1.29, 1.82) is 0 Å². The molecule has 152 valence electrons. The number of nitrogens with zero attached hydrogens (tertiary/aromatic N) is 3. The number of nitrogens with two attached hydrogens (primary N) is 1. The Balaban J connectivity index is 1.79. The minimum atomic E-state index is -0.767. The van der Waals surface area contributed by atoms with E-state index in [0.29, 0.717) is 12.2 Å². The number of benzene rings is 1. The molecule has 2 heterocycles. The van der Waals surface area contributed by atoms with Crippen LogP contribution in [0.15, 0.2) is 48.7 Å². The molecule has 0 radical (unpaired) electrons. The number of carbonyl (C=O) groups is 1. The number of halogens is 1. The number of anilines is 2. The summed E-state index contributed by atoms with van der Waals surface area (Å²) in [5.41, 5.74) is 8.47. The highest BCUT2D eigenvalue weighted by molar-refractivity contribution is 5.94. The number of aromatic nitrogens is 3. The standard InChI is InChI=1S/C21H25FN6O/c1-13(2)28-20(12-18(27-28)15-8-9-25-19(11-15)24-3)26-21(29)17(23)10-14-4-6-16(22)7-5-14/h4-9,11-13,17H,10,23H2,1-3H3,(H,24,25)(H,26,29)/t17-/m0/s1. The van der Waals surface area contributed by atoms with Gasteiger partial charge in [-0.3, -0.25) is 4.79 Å². The highest BCUT2D eigenvalue weighted by atomic mass is 19.1. The average Bonchev–Trinajstić information content (AvgIpc) is 3.14. The minimum absolute atomic E-state index is 0.0398. The van der Waals surface area contributed by atoms with E-state index in [1.165, 1.54) is 12.1 Å². The van der Waals surface area contributed by atoms with Crippen molar-refractivity contribution >= 4 is 17.5 Å². The van der Waals surface area contributed by atoms with Crippen molar-refractivity contribution in [3.8, 4) is 11.3 Å². The van der Waals surface area contributed by atoms with Crippen LogP contribution in [0, 0.1) is 5.82 Å². The second kappa shape index (κ2) is 8.83. The van der Waals surface area contributed by atoms with Crippen LogP contribution in [0.4, 0.5) is 16.0 Å². The van der Waals surface area contributed by atoms with E-state index in [-0.39, 0.29) is 17.8 Å². The molecule has 0 saturated heterocycles. The van der Waals surface area contributed by atoms with Crippen LogP contribution in [-0.2, 0) is 11.2 Å². The zero-order chi connectivity index (χ0) is 21.0. The molecule has 0 bridgehead atoms. The van der Waals surface area contributed by atoms with Crippen molar-refractivity contribution in [2.75, 3.05) is 17.7 Å². The van der Waals surface area contributed by atoms with Crippen LogP contribution < -0.4 is 16.4 Å². The summed E-state index contributed by atoms with van der Waals surface area (Å²) in [6, 6.07) is 10.8. The first kappa shape index (κ1) is 20.5. The maximum Gasteiger partial charge on any atom is 0.242 e. The van der Waals surface area contributed by atoms with Crippen LogP contribution in [-0.4, -0.2) is 33.8 Å². The van der Waals surface area contributed by atoms with E-state index in [1.54, 1.807) is 30.1 Å². The van der Waals surface area contributed by atoms with Gasteiger partial charge in [0.05, 0.1) is 11.7 Å². The van der Waals surface area contributed by atoms with E-state index >= 15 is 0 Å². The van der Waals surface area contributed by atoms with E-state index in [9.17, 15) is 9.18 Å². The molecular formula is C21H25FN6O.